The van der Waals surface area contributed by atoms with Crippen molar-refractivity contribution in [3.05, 3.63) is 54.7 Å². The van der Waals surface area contributed by atoms with E-state index in [0.717, 1.165) is 27.9 Å². The molecule has 2 N–H and O–H groups in total. The van der Waals surface area contributed by atoms with E-state index in [1.54, 1.807) is 7.11 Å². The second-order valence-electron chi connectivity index (χ2n) is 4.86. The molecule has 0 saturated carbocycles. The first-order valence-electron chi connectivity index (χ1n) is 6.59. The van der Waals surface area contributed by atoms with E-state index in [9.17, 15) is 0 Å². The van der Waals surface area contributed by atoms with E-state index in [0.29, 0.717) is 0 Å². The van der Waals surface area contributed by atoms with E-state index in [4.69, 9.17) is 4.74 Å². The second-order valence-corrected chi connectivity index (χ2v) is 4.86. The summed E-state index contributed by atoms with van der Waals surface area (Å²) in [5.74, 6) is 0.869. The maximum Gasteiger partial charge on any atom is 0.142 e. The van der Waals surface area contributed by atoms with Gasteiger partial charge in [0, 0.05) is 33.7 Å². The summed E-state index contributed by atoms with van der Waals surface area (Å²) in [6.07, 6.45) is 2.04. The zero-order valence-corrected chi connectivity index (χ0v) is 11.1. The van der Waals surface area contributed by atoms with Crippen LogP contribution >= 0.6 is 0 Å². The van der Waals surface area contributed by atoms with Crippen molar-refractivity contribution < 1.29 is 4.74 Å². The Morgan fingerprint density at radius 2 is 1.90 bits per heavy atom. The Labute approximate surface area is 116 Å². The van der Waals surface area contributed by atoms with Gasteiger partial charge in [0.15, 0.2) is 0 Å². The molecule has 0 aliphatic rings. The van der Waals surface area contributed by atoms with Gasteiger partial charge in [0.25, 0.3) is 0 Å². The Morgan fingerprint density at radius 1 is 1.00 bits per heavy atom. The molecular formula is C17H14N2O. The number of para-hydroxylation sites is 2. The highest BCUT2D eigenvalue weighted by Gasteiger charge is 2.10. The van der Waals surface area contributed by atoms with Crippen LogP contribution in [0.3, 0.4) is 0 Å². The van der Waals surface area contributed by atoms with Crippen molar-refractivity contribution in [2.24, 2.45) is 0 Å². The van der Waals surface area contributed by atoms with Gasteiger partial charge in [-0.3, -0.25) is 0 Å². The fourth-order valence-corrected chi connectivity index (χ4v) is 2.74. The first kappa shape index (κ1) is 11.2. The molecule has 0 unspecified atom stereocenters. The molecule has 0 spiro atoms. The highest BCUT2D eigenvalue weighted by molar-refractivity contribution is 5.98. The minimum absolute atomic E-state index is 0.869. The fraction of sp³-hybridized carbons (Fsp3) is 0.0588. The van der Waals surface area contributed by atoms with E-state index in [-0.39, 0.29) is 0 Å². The molecule has 0 aliphatic carbocycles. The molecule has 0 radical (unpaired) electrons. The summed E-state index contributed by atoms with van der Waals surface area (Å²) in [6, 6.07) is 16.5. The Kier molecular flexibility index (Phi) is 2.33. The Morgan fingerprint density at radius 3 is 2.80 bits per heavy atom. The van der Waals surface area contributed by atoms with Gasteiger partial charge in [0.05, 0.1) is 12.6 Å². The van der Waals surface area contributed by atoms with Crippen molar-refractivity contribution >= 4 is 21.8 Å². The van der Waals surface area contributed by atoms with E-state index in [1.807, 2.05) is 24.4 Å². The predicted octanol–water partition coefficient (Wildman–Crippen LogP) is 4.32. The SMILES string of the molecule is COc1cccc2cc(-c3c[nH]c4ccccc34)[nH]c12. The van der Waals surface area contributed by atoms with Crippen molar-refractivity contribution in [3.8, 4) is 17.0 Å². The smallest absolute Gasteiger partial charge is 0.142 e. The van der Waals surface area contributed by atoms with Gasteiger partial charge in [-0.05, 0) is 18.2 Å². The zero-order chi connectivity index (χ0) is 13.5. The van der Waals surface area contributed by atoms with Crippen LogP contribution in [0.15, 0.2) is 54.7 Å². The largest absolute Gasteiger partial charge is 0.495 e. The van der Waals surface area contributed by atoms with Gasteiger partial charge in [-0.1, -0.05) is 30.3 Å². The lowest BCUT2D eigenvalue weighted by Crippen LogP contribution is -1.83. The Bertz CT molecular complexity index is 902. The second kappa shape index (κ2) is 4.17. The van der Waals surface area contributed by atoms with Gasteiger partial charge >= 0.3 is 0 Å². The number of H-pyrrole nitrogens is 2. The van der Waals surface area contributed by atoms with Gasteiger partial charge < -0.3 is 14.7 Å². The number of rotatable bonds is 2. The average molecular weight is 262 g/mol. The lowest BCUT2D eigenvalue weighted by Gasteiger charge is -2.00. The van der Waals surface area contributed by atoms with Crippen LogP contribution in [0.2, 0.25) is 0 Å². The molecule has 0 atom stereocenters. The summed E-state index contributed by atoms with van der Waals surface area (Å²) in [5.41, 5.74) is 4.46. The molecule has 0 fully saturated rings. The third-order valence-electron chi connectivity index (χ3n) is 3.72. The summed E-state index contributed by atoms with van der Waals surface area (Å²) in [4.78, 5) is 6.77. The maximum absolute atomic E-state index is 5.41. The lowest BCUT2D eigenvalue weighted by molar-refractivity contribution is 0.419. The number of methoxy groups -OCH3 is 1. The number of hydrogen-bond donors (Lipinski definition) is 2. The zero-order valence-electron chi connectivity index (χ0n) is 11.1. The van der Waals surface area contributed by atoms with E-state index in [1.165, 1.54) is 10.9 Å². The van der Waals surface area contributed by atoms with Crippen LogP contribution < -0.4 is 4.74 Å². The summed E-state index contributed by atoms with van der Waals surface area (Å²) in [5, 5.41) is 2.38. The van der Waals surface area contributed by atoms with Gasteiger partial charge in [0.2, 0.25) is 0 Å². The number of aromatic amines is 2. The van der Waals surface area contributed by atoms with Gasteiger partial charge in [-0.2, -0.15) is 0 Å². The minimum Gasteiger partial charge on any atom is -0.495 e. The van der Waals surface area contributed by atoms with Crippen molar-refractivity contribution in [3.63, 3.8) is 0 Å². The van der Waals surface area contributed by atoms with E-state index < -0.39 is 0 Å². The average Bonchev–Trinajstić information content (AvgIpc) is 3.10. The monoisotopic (exact) mass is 262 g/mol. The van der Waals surface area contributed by atoms with Crippen LogP contribution in [0.25, 0.3) is 33.1 Å². The normalized spacial score (nSPS) is 11.2. The number of fused-ring (bicyclic) bond motifs is 2. The molecule has 4 rings (SSSR count). The van der Waals surface area contributed by atoms with Crippen molar-refractivity contribution in [1.82, 2.24) is 9.97 Å². The van der Waals surface area contributed by atoms with Crippen molar-refractivity contribution in [2.75, 3.05) is 7.11 Å². The summed E-state index contributed by atoms with van der Waals surface area (Å²) in [6.45, 7) is 0. The molecular weight excluding hydrogens is 248 g/mol. The standard InChI is InChI=1S/C17H14N2O/c1-20-16-8-4-5-11-9-15(19-17(11)16)13-10-18-14-7-3-2-6-12(13)14/h2-10,18-19H,1H3. The highest BCUT2D eigenvalue weighted by Crippen LogP contribution is 2.33. The topological polar surface area (TPSA) is 40.8 Å². The molecule has 3 heteroatoms. The molecule has 2 heterocycles. The van der Waals surface area contributed by atoms with Crippen LogP contribution in [-0.4, -0.2) is 17.1 Å². The molecule has 3 nitrogen and oxygen atoms in total. The molecule has 0 saturated heterocycles. The first-order valence-corrected chi connectivity index (χ1v) is 6.59. The van der Waals surface area contributed by atoms with Crippen LogP contribution in [0.5, 0.6) is 5.75 Å². The molecule has 0 aliphatic heterocycles. The van der Waals surface area contributed by atoms with Gasteiger partial charge in [0.1, 0.15) is 5.75 Å². The molecule has 4 aromatic rings. The quantitative estimate of drug-likeness (QED) is 0.555. The van der Waals surface area contributed by atoms with E-state index in [2.05, 4.69) is 40.3 Å². The van der Waals surface area contributed by atoms with Crippen LogP contribution in [-0.2, 0) is 0 Å². The third-order valence-corrected chi connectivity index (χ3v) is 3.72. The lowest BCUT2D eigenvalue weighted by atomic mass is 10.1. The molecule has 2 aromatic heterocycles. The summed E-state index contributed by atoms with van der Waals surface area (Å²) in [7, 11) is 1.70. The number of ether oxygens (including phenoxy) is 1. The van der Waals surface area contributed by atoms with E-state index >= 15 is 0 Å². The number of nitrogens with one attached hydrogen (secondary N) is 2. The molecule has 2 aromatic carbocycles. The van der Waals surface area contributed by atoms with Crippen molar-refractivity contribution in [2.45, 2.75) is 0 Å². The van der Waals surface area contributed by atoms with Gasteiger partial charge in [-0.25, -0.2) is 0 Å². The predicted molar refractivity (Wildman–Crippen MR) is 82.1 cm³/mol. The molecule has 98 valence electrons. The number of hydrogen-bond acceptors (Lipinski definition) is 1. The third kappa shape index (κ3) is 1.53. The van der Waals surface area contributed by atoms with Gasteiger partial charge in [-0.15, -0.1) is 0 Å². The molecule has 20 heavy (non-hydrogen) atoms. The minimum atomic E-state index is 0.869. The Hall–Kier alpha value is -2.68. The van der Waals surface area contributed by atoms with Crippen LogP contribution in [0.1, 0.15) is 0 Å². The number of benzene rings is 2. The van der Waals surface area contributed by atoms with Crippen LogP contribution in [0.4, 0.5) is 0 Å². The maximum atomic E-state index is 5.41. The van der Waals surface area contributed by atoms with Crippen molar-refractivity contribution in [1.29, 1.82) is 0 Å². The molecule has 0 bridgehead atoms. The fourth-order valence-electron chi connectivity index (χ4n) is 2.74. The number of aromatic nitrogens is 2. The first-order chi connectivity index (χ1) is 9.86. The molecule has 0 amide bonds. The Balaban J connectivity index is 1.98. The van der Waals surface area contributed by atoms with Crippen LogP contribution in [0, 0.1) is 0 Å². The summed E-state index contributed by atoms with van der Waals surface area (Å²) < 4.78 is 5.41. The highest BCUT2D eigenvalue weighted by atomic mass is 16.5. The summed E-state index contributed by atoms with van der Waals surface area (Å²) >= 11 is 0.